The number of hydrogen-bond donors (Lipinski definition) is 2. The van der Waals surface area contributed by atoms with E-state index in [9.17, 15) is 14.0 Å². The lowest BCUT2D eigenvalue weighted by atomic mass is 10.2. The van der Waals surface area contributed by atoms with E-state index < -0.39 is 5.91 Å². The minimum absolute atomic E-state index is 0.197. The van der Waals surface area contributed by atoms with Gasteiger partial charge in [-0.1, -0.05) is 35.1 Å². The van der Waals surface area contributed by atoms with Crippen LogP contribution in [-0.2, 0) is 0 Å². The Labute approximate surface area is 187 Å². The van der Waals surface area contributed by atoms with Crippen LogP contribution < -0.4 is 10.6 Å². The van der Waals surface area contributed by atoms with Crippen LogP contribution in [0.25, 0.3) is 0 Å². The monoisotopic (exact) mass is 459 g/mol. The van der Waals surface area contributed by atoms with E-state index in [1.165, 1.54) is 6.07 Å². The van der Waals surface area contributed by atoms with Gasteiger partial charge in [-0.15, -0.1) is 10.2 Å². The van der Waals surface area contributed by atoms with Crippen LogP contribution in [0, 0.1) is 12.7 Å². The zero-order chi connectivity index (χ0) is 22.0. The quantitative estimate of drug-likeness (QED) is 0.557. The van der Waals surface area contributed by atoms with Gasteiger partial charge in [0.05, 0.1) is 6.04 Å². The van der Waals surface area contributed by atoms with Crippen molar-refractivity contribution in [1.29, 1.82) is 0 Å². The Hall–Kier alpha value is -3.04. The molecule has 3 aromatic rings. The highest BCUT2D eigenvalue weighted by Crippen LogP contribution is 2.34. The highest BCUT2D eigenvalue weighted by atomic mass is 35.5. The molecule has 2 N–H and O–H groups in total. The number of aryl methyl sites for hydroxylation is 1. The van der Waals surface area contributed by atoms with Gasteiger partial charge in [0.1, 0.15) is 10.8 Å². The second-order valence-electron chi connectivity index (χ2n) is 7.16. The number of rotatable bonds is 4. The summed E-state index contributed by atoms with van der Waals surface area (Å²) in [5, 5.41) is 14.9. The number of carbonyl (C=O) groups excluding carboxylic acids is 2. The minimum Gasteiger partial charge on any atom is -0.320 e. The molecule has 0 aliphatic carbocycles. The molecular weight excluding hydrogens is 441 g/mol. The summed E-state index contributed by atoms with van der Waals surface area (Å²) in [4.78, 5) is 26.9. The lowest BCUT2D eigenvalue weighted by Gasteiger charge is -2.23. The standard InChI is InChI=1S/C21H19ClFN5O2S/c1-12-7-8-15(11-16(12)23)25-21(30)28-9-3-6-17(28)19-26-27-20(31-19)18(29)24-14-5-2-4-13(22)10-14/h2,4-5,7-8,10-11,17H,3,6,9H2,1H3,(H,24,29)(H,25,30)/t17-/m1/s1. The van der Waals surface area contributed by atoms with Crippen molar-refractivity contribution in [2.75, 3.05) is 17.2 Å². The second-order valence-corrected chi connectivity index (χ2v) is 8.60. The smallest absolute Gasteiger partial charge is 0.320 e. The summed E-state index contributed by atoms with van der Waals surface area (Å²) in [5.74, 6) is -0.773. The molecule has 0 bridgehead atoms. The van der Waals surface area contributed by atoms with Gasteiger partial charge in [-0.05, 0) is 55.7 Å². The number of carbonyl (C=O) groups is 2. The van der Waals surface area contributed by atoms with Crippen LogP contribution in [0.2, 0.25) is 5.02 Å². The van der Waals surface area contributed by atoms with Crippen LogP contribution in [0.4, 0.5) is 20.6 Å². The summed E-state index contributed by atoms with van der Waals surface area (Å²) >= 11 is 7.09. The molecular formula is C21H19ClFN5O2S. The maximum Gasteiger partial charge on any atom is 0.322 e. The molecule has 2 heterocycles. The van der Waals surface area contributed by atoms with Gasteiger partial charge in [0.2, 0.25) is 5.01 Å². The van der Waals surface area contributed by atoms with Crippen molar-refractivity contribution in [3.8, 4) is 0 Å². The molecule has 1 atom stereocenters. The first kappa shape index (κ1) is 21.2. The summed E-state index contributed by atoms with van der Waals surface area (Å²) < 4.78 is 13.8. The summed E-state index contributed by atoms with van der Waals surface area (Å²) in [5.41, 5.74) is 1.45. The van der Waals surface area contributed by atoms with Gasteiger partial charge in [-0.25, -0.2) is 9.18 Å². The van der Waals surface area contributed by atoms with Gasteiger partial charge < -0.3 is 15.5 Å². The molecule has 10 heteroatoms. The molecule has 0 radical (unpaired) electrons. The Balaban J connectivity index is 1.45. The Bertz CT molecular complexity index is 1140. The molecule has 2 aromatic carbocycles. The summed E-state index contributed by atoms with van der Waals surface area (Å²) in [7, 11) is 0. The third-order valence-corrected chi connectivity index (χ3v) is 6.20. The fourth-order valence-electron chi connectivity index (χ4n) is 3.34. The zero-order valence-corrected chi connectivity index (χ0v) is 18.1. The number of urea groups is 1. The van der Waals surface area contributed by atoms with Crippen molar-refractivity contribution in [3.63, 3.8) is 0 Å². The van der Waals surface area contributed by atoms with E-state index in [1.807, 2.05) is 0 Å². The van der Waals surface area contributed by atoms with Crippen molar-refractivity contribution < 1.29 is 14.0 Å². The number of hydrogen-bond acceptors (Lipinski definition) is 5. The summed E-state index contributed by atoms with van der Waals surface area (Å²) in [6.45, 7) is 2.20. The van der Waals surface area contributed by atoms with Crippen molar-refractivity contribution in [2.45, 2.75) is 25.8 Å². The van der Waals surface area contributed by atoms with E-state index in [0.717, 1.165) is 17.8 Å². The Kier molecular flexibility index (Phi) is 6.15. The van der Waals surface area contributed by atoms with Gasteiger partial charge in [-0.2, -0.15) is 0 Å². The molecule has 1 aliphatic heterocycles. The number of likely N-dealkylation sites (tertiary alicyclic amines) is 1. The molecule has 31 heavy (non-hydrogen) atoms. The molecule has 0 saturated carbocycles. The number of amides is 3. The SMILES string of the molecule is Cc1ccc(NC(=O)N2CCC[C@@H]2c2nnc(C(=O)Nc3cccc(Cl)c3)s2)cc1F. The van der Waals surface area contributed by atoms with Gasteiger partial charge in [-0.3, -0.25) is 4.79 Å². The topological polar surface area (TPSA) is 87.2 Å². The minimum atomic E-state index is -0.393. The van der Waals surface area contributed by atoms with E-state index in [-0.39, 0.29) is 22.9 Å². The zero-order valence-electron chi connectivity index (χ0n) is 16.6. The third-order valence-electron chi connectivity index (χ3n) is 4.94. The molecule has 0 unspecified atom stereocenters. The molecule has 4 rings (SSSR count). The average molecular weight is 460 g/mol. The molecule has 1 fully saturated rings. The molecule has 1 saturated heterocycles. The molecule has 7 nitrogen and oxygen atoms in total. The lowest BCUT2D eigenvalue weighted by Crippen LogP contribution is -2.34. The predicted octanol–water partition coefficient (Wildman–Crippen LogP) is 5.26. The van der Waals surface area contributed by atoms with Crippen molar-refractivity contribution in [3.05, 3.63) is 68.9 Å². The molecule has 0 spiro atoms. The average Bonchev–Trinajstić information content (AvgIpc) is 3.40. The lowest BCUT2D eigenvalue weighted by molar-refractivity contribution is 0.102. The van der Waals surface area contributed by atoms with Crippen LogP contribution in [0.5, 0.6) is 0 Å². The molecule has 160 valence electrons. The molecule has 1 aromatic heterocycles. The predicted molar refractivity (Wildman–Crippen MR) is 118 cm³/mol. The summed E-state index contributed by atoms with van der Waals surface area (Å²) in [6, 6.07) is 10.7. The molecule has 3 amide bonds. The number of benzene rings is 2. The van der Waals surface area contributed by atoms with Crippen LogP contribution in [0.15, 0.2) is 42.5 Å². The van der Waals surface area contributed by atoms with E-state index in [0.29, 0.717) is 39.9 Å². The fourth-order valence-corrected chi connectivity index (χ4v) is 4.42. The van der Waals surface area contributed by atoms with Crippen LogP contribution in [0.1, 0.15) is 39.3 Å². The first-order valence-corrected chi connectivity index (χ1v) is 10.8. The van der Waals surface area contributed by atoms with Gasteiger partial charge in [0.15, 0.2) is 0 Å². The first-order valence-electron chi connectivity index (χ1n) is 9.65. The largest absolute Gasteiger partial charge is 0.322 e. The maximum atomic E-state index is 13.8. The van der Waals surface area contributed by atoms with Crippen molar-refractivity contribution >= 4 is 46.3 Å². The highest BCUT2D eigenvalue weighted by molar-refractivity contribution is 7.13. The fraction of sp³-hybridized carbons (Fsp3) is 0.238. The van der Waals surface area contributed by atoms with E-state index in [1.54, 1.807) is 48.2 Å². The summed E-state index contributed by atoms with van der Waals surface area (Å²) in [6.07, 6.45) is 1.50. The Morgan fingerprint density at radius 3 is 2.74 bits per heavy atom. The van der Waals surface area contributed by atoms with E-state index in [2.05, 4.69) is 20.8 Å². The number of aromatic nitrogens is 2. The van der Waals surface area contributed by atoms with Gasteiger partial charge >= 0.3 is 6.03 Å². The third kappa shape index (κ3) is 4.83. The second kappa shape index (κ2) is 8.99. The van der Waals surface area contributed by atoms with Gasteiger partial charge in [0, 0.05) is 22.9 Å². The molecule has 1 aliphatic rings. The van der Waals surface area contributed by atoms with Gasteiger partial charge in [0.25, 0.3) is 5.91 Å². The van der Waals surface area contributed by atoms with E-state index >= 15 is 0 Å². The Morgan fingerprint density at radius 1 is 1.16 bits per heavy atom. The first-order chi connectivity index (χ1) is 14.9. The maximum absolute atomic E-state index is 13.8. The normalized spacial score (nSPS) is 15.7. The van der Waals surface area contributed by atoms with Crippen LogP contribution in [0.3, 0.4) is 0 Å². The van der Waals surface area contributed by atoms with Crippen molar-refractivity contribution in [1.82, 2.24) is 15.1 Å². The highest BCUT2D eigenvalue weighted by Gasteiger charge is 2.33. The van der Waals surface area contributed by atoms with Crippen LogP contribution in [-0.4, -0.2) is 33.6 Å². The number of nitrogens with zero attached hydrogens (tertiary/aromatic N) is 3. The number of halogens is 2. The Morgan fingerprint density at radius 2 is 1.97 bits per heavy atom. The number of nitrogens with one attached hydrogen (secondary N) is 2. The van der Waals surface area contributed by atoms with Crippen LogP contribution >= 0.6 is 22.9 Å². The number of anilines is 2. The van der Waals surface area contributed by atoms with Crippen molar-refractivity contribution in [2.24, 2.45) is 0 Å². The van der Waals surface area contributed by atoms with E-state index in [4.69, 9.17) is 11.6 Å².